The molecule has 21 heavy (non-hydrogen) atoms. The monoisotopic (exact) mass is 310 g/mol. The number of carbonyl (C=O) groups is 2. The van der Waals surface area contributed by atoms with Crippen LogP contribution in [0, 0.1) is 0 Å². The van der Waals surface area contributed by atoms with Crippen LogP contribution in [0.1, 0.15) is 29.6 Å². The lowest BCUT2D eigenvalue weighted by atomic mass is 10.2. The second-order valence-electron chi connectivity index (χ2n) is 5.00. The van der Waals surface area contributed by atoms with E-state index >= 15 is 0 Å². The van der Waals surface area contributed by atoms with E-state index in [9.17, 15) is 14.7 Å². The molecule has 4 N–H and O–H groups in total. The van der Waals surface area contributed by atoms with Crippen LogP contribution >= 0.6 is 11.8 Å². The summed E-state index contributed by atoms with van der Waals surface area (Å²) in [4.78, 5) is 22.6. The third-order valence-electron chi connectivity index (χ3n) is 3.55. The zero-order valence-electron chi connectivity index (χ0n) is 11.6. The van der Waals surface area contributed by atoms with E-state index < -0.39 is 5.97 Å². The van der Waals surface area contributed by atoms with Gasteiger partial charge >= 0.3 is 12.0 Å². The zero-order chi connectivity index (χ0) is 15.4. The number of carboxylic acids is 1. The number of phenols is 1. The van der Waals surface area contributed by atoms with Crippen molar-refractivity contribution < 1.29 is 19.8 Å². The maximum Gasteiger partial charge on any atom is 0.335 e. The lowest BCUT2D eigenvalue weighted by Crippen LogP contribution is -2.36. The van der Waals surface area contributed by atoms with E-state index in [1.54, 1.807) is 11.8 Å². The fourth-order valence-electron chi connectivity index (χ4n) is 2.40. The minimum atomic E-state index is -1.13. The molecule has 1 aromatic carbocycles. The number of aromatic hydroxyl groups is 1. The van der Waals surface area contributed by atoms with Crippen LogP contribution in [0.25, 0.3) is 0 Å². The van der Waals surface area contributed by atoms with Crippen LogP contribution in [0.4, 0.5) is 10.5 Å². The molecule has 2 unspecified atom stereocenters. The summed E-state index contributed by atoms with van der Waals surface area (Å²) >= 11 is 1.81. The summed E-state index contributed by atoms with van der Waals surface area (Å²) < 4.78 is 0. The van der Waals surface area contributed by atoms with E-state index in [0.717, 1.165) is 25.3 Å². The van der Waals surface area contributed by atoms with Gasteiger partial charge in [0.25, 0.3) is 0 Å². The Morgan fingerprint density at radius 3 is 2.67 bits per heavy atom. The third-order valence-corrected chi connectivity index (χ3v) is 4.64. The summed E-state index contributed by atoms with van der Waals surface area (Å²) in [6.07, 6.45) is 5.04. The van der Waals surface area contributed by atoms with Crippen molar-refractivity contribution >= 4 is 29.4 Å². The van der Waals surface area contributed by atoms with Gasteiger partial charge in [-0.3, -0.25) is 0 Å². The quantitative estimate of drug-likeness (QED) is 0.640. The first-order valence-corrected chi connectivity index (χ1v) is 7.95. The summed E-state index contributed by atoms with van der Waals surface area (Å²) in [5, 5.41) is 24.5. The highest BCUT2D eigenvalue weighted by Gasteiger charge is 2.25. The molecule has 0 spiro atoms. The Balaban J connectivity index is 1.92. The van der Waals surface area contributed by atoms with E-state index in [1.807, 2.05) is 0 Å². The van der Waals surface area contributed by atoms with E-state index in [4.69, 9.17) is 5.11 Å². The van der Waals surface area contributed by atoms with Crippen LogP contribution in [0.15, 0.2) is 18.2 Å². The summed E-state index contributed by atoms with van der Waals surface area (Å²) in [5.74, 6) is -1.39. The van der Waals surface area contributed by atoms with Gasteiger partial charge in [-0.1, -0.05) is 0 Å². The number of rotatable bonds is 4. The summed E-state index contributed by atoms with van der Waals surface area (Å²) in [5.41, 5.74) is 0.161. The van der Waals surface area contributed by atoms with Gasteiger partial charge in [0.2, 0.25) is 0 Å². The molecule has 2 atom stereocenters. The van der Waals surface area contributed by atoms with Gasteiger partial charge in [-0.25, -0.2) is 9.59 Å². The van der Waals surface area contributed by atoms with Crippen molar-refractivity contribution in [1.82, 2.24) is 5.32 Å². The molecule has 0 aliphatic heterocycles. The topological polar surface area (TPSA) is 98.7 Å². The van der Waals surface area contributed by atoms with Crippen LogP contribution in [-0.2, 0) is 0 Å². The molecule has 0 heterocycles. The van der Waals surface area contributed by atoms with Crippen LogP contribution < -0.4 is 10.6 Å². The van der Waals surface area contributed by atoms with Crippen molar-refractivity contribution in [3.63, 3.8) is 0 Å². The van der Waals surface area contributed by atoms with Gasteiger partial charge in [-0.15, -0.1) is 0 Å². The van der Waals surface area contributed by atoms with Gasteiger partial charge in [-0.05, 0) is 43.7 Å². The number of phenolic OH excluding ortho intramolecular Hbond substituents is 1. The van der Waals surface area contributed by atoms with Crippen molar-refractivity contribution in [1.29, 1.82) is 0 Å². The average Bonchev–Trinajstić information content (AvgIpc) is 2.88. The molecule has 0 aromatic heterocycles. The summed E-state index contributed by atoms with van der Waals surface area (Å²) in [6.45, 7) is 0. The second-order valence-corrected chi connectivity index (χ2v) is 6.14. The Morgan fingerprint density at radius 2 is 2.10 bits per heavy atom. The maximum absolute atomic E-state index is 11.9. The predicted octanol–water partition coefficient (Wildman–Crippen LogP) is 2.50. The first-order chi connectivity index (χ1) is 9.99. The van der Waals surface area contributed by atoms with Gasteiger partial charge in [0.1, 0.15) is 5.75 Å². The Bertz CT molecular complexity index is 550. The zero-order valence-corrected chi connectivity index (χ0v) is 12.4. The fourth-order valence-corrected chi connectivity index (χ4v) is 3.20. The molecule has 2 amide bonds. The van der Waals surface area contributed by atoms with Crippen molar-refractivity contribution in [2.24, 2.45) is 0 Å². The molecule has 1 saturated carbocycles. The van der Waals surface area contributed by atoms with E-state index in [0.29, 0.717) is 5.25 Å². The SMILES string of the molecule is CSC1CCC(NC(=O)Nc2ccc(C(=O)O)cc2O)C1. The van der Waals surface area contributed by atoms with Crippen molar-refractivity contribution in [3.8, 4) is 5.75 Å². The molecule has 0 bridgehead atoms. The lowest BCUT2D eigenvalue weighted by Gasteiger charge is -2.14. The van der Waals surface area contributed by atoms with Crippen molar-refractivity contribution in [3.05, 3.63) is 23.8 Å². The number of carboxylic acid groups (broad SMARTS) is 1. The third kappa shape index (κ3) is 4.04. The standard InChI is InChI=1S/C14H18N2O4S/c1-21-10-4-3-9(7-10)15-14(20)16-11-5-2-8(13(18)19)6-12(11)17/h2,5-6,9-10,17H,3-4,7H2,1H3,(H,18,19)(H2,15,16,20). The predicted molar refractivity (Wildman–Crippen MR) is 82.2 cm³/mol. The first kappa shape index (κ1) is 15.5. The van der Waals surface area contributed by atoms with Gasteiger partial charge < -0.3 is 20.8 Å². The minimum absolute atomic E-state index is 0.0305. The number of aromatic carboxylic acids is 1. The molecule has 1 aromatic rings. The molecule has 114 valence electrons. The van der Waals surface area contributed by atoms with Crippen molar-refractivity contribution in [2.75, 3.05) is 11.6 Å². The number of carbonyl (C=O) groups excluding carboxylic acids is 1. The Labute approximate surface area is 126 Å². The molecule has 2 rings (SSSR count). The second kappa shape index (κ2) is 6.71. The number of thioether (sulfide) groups is 1. The summed E-state index contributed by atoms with van der Waals surface area (Å²) in [6, 6.07) is 3.56. The van der Waals surface area contributed by atoms with Crippen LogP contribution in [0.5, 0.6) is 5.75 Å². The highest BCUT2D eigenvalue weighted by atomic mass is 32.2. The Hall–Kier alpha value is -1.89. The lowest BCUT2D eigenvalue weighted by molar-refractivity contribution is 0.0696. The normalized spacial score (nSPS) is 21.0. The number of hydrogen-bond donors (Lipinski definition) is 4. The smallest absolute Gasteiger partial charge is 0.335 e. The number of amides is 2. The minimum Gasteiger partial charge on any atom is -0.506 e. The van der Waals surface area contributed by atoms with Crippen LogP contribution in [-0.4, -0.2) is 39.8 Å². The number of benzene rings is 1. The Morgan fingerprint density at radius 1 is 1.33 bits per heavy atom. The highest BCUT2D eigenvalue weighted by molar-refractivity contribution is 7.99. The largest absolute Gasteiger partial charge is 0.506 e. The molecular weight excluding hydrogens is 292 g/mol. The molecule has 0 saturated heterocycles. The molecule has 1 fully saturated rings. The summed E-state index contributed by atoms with van der Waals surface area (Å²) in [7, 11) is 0. The fraction of sp³-hybridized carbons (Fsp3) is 0.429. The highest BCUT2D eigenvalue weighted by Crippen LogP contribution is 2.28. The maximum atomic E-state index is 11.9. The van der Waals surface area contributed by atoms with Gasteiger partial charge in [0.05, 0.1) is 11.3 Å². The van der Waals surface area contributed by atoms with Crippen LogP contribution in [0.2, 0.25) is 0 Å². The number of hydrogen-bond acceptors (Lipinski definition) is 4. The van der Waals surface area contributed by atoms with Crippen molar-refractivity contribution in [2.45, 2.75) is 30.6 Å². The number of urea groups is 1. The average molecular weight is 310 g/mol. The van der Waals surface area contributed by atoms with Gasteiger partial charge in [0.15, 0.2) is 0 Å². The molecule has 1 aliphatic carbocycles. The van der Waals surface area contributed by atoms with Crippen LogP contribution in [0.3, 0.4) is 0 Å². The van der Waals surface area contributed by atoms with E-state index in [-0.39, 0.29) is 29.1 Å². The van der Waals surface area contributed by atoms with Gasteiger partial charge in [0, 0.05) is 11.3 Å². The molecular formula is C14H18N2O4S. The first-order valence-electron chi connectivity index (χ1n) is 6.66. The molecule has 0 radical (unpaired) electrons. The molecule has 6 nitrogen and oxygen atoms in total. The number of nitrogens with one attached hydrogen (secondary N) is 2. The van der Waals surface area contributed by atoms with Gasteiger partial charge in [-0.2, -0.15) is 11.8 Å². The Kier molecular flexibility index (Phi) is 4.95. The molecule has 7 heteroatoms. The van der Waals surface area contributed by atoms with E-state index in [1.165, 1.54) is 12.1 Å². The molecule has 1 aliphatic rings. The number of anilines is 1. The van der Waals surface area contributed by atoms with E-state index in [2.05, 4.69) is 16.9 Å².